The molecule has 4 rings (SSSR count). The number of hydrogen-bond donors (Lipinski definition) is 2. The number of amides is 1. The Morgan fingerprint density at radius 3 is 3.04 bits per heavy atom. The average Bonchev–Trinajstić information content (AvgIpc) is 3.10. The molecule has 0 spiro atoms. The first-order chi connectivity index (χ1) is 13.6. The van der Waals surface area contributed by atoms with E-state index in [1.807, 2.05) is 19.1 Å². The fraction of sp³-hybridized carbons (Fsp3) is 0.500. The summed E-state index contributed by atoms with van der Waals surface area (Å²) in [5.41, 5.74) is 1.96. The summed E-state index contributed by atoms with van der Waals surface area (Å²) in [6.07, 6.45) is 6.58. The summed E-state index contributed by atoms with van der Waals surface area (Å²) in [4.78, 5) is 28.0. The van der Waals surface area contributed by atoms with Gasteiger partial charge in [0.2, 0.25) is 0 Å². The number of aliphatic hydroxyl groups is 1. The highest BCUT2D eigenvalue weighted by Crippen LogP contribution is 2.24. The first-order valence-corrected chi connectivity index (χ1v) is 9.65. The molecule has 0 saturated carbocycles. The average molecular weight is 383 g/mol. The van der Waals surface area contributed by atoms with Crippen LogP contribution in [-0.2, 0) is 4.74 Å². The van der Waals surface area contributed by atoms with Gasteiger partial charge in [0.1, 0.15) is 0 Å². The molecule has 1 amide bonds. The second-order valence-corrected chi connectivity index (χ2v) is 7.42. The van der Waals surface area contributed by atoms with Crippen molar-refractivity contribution >= 4 is 5.91 Å². The largest absolute Gasteiger partial charge is 0.396 e. The van der Waals surface area contributed by atoms with E-state index in [1.165, 1.54) is 0 Å². The van der Waals surface area contributed by atoms with Crippen molar-refractivity contribution in [3.05, 3.63) is 42.0 Å². The van der Waals surface area contributed by atoms with Gasteiger partial charge in [-0.3, -0.25) is 14.7 Å². The molecule has 0 unspecified atom stereocenters. The number of ether oxygens (including phenoxy) is 1. The molecule has 2 aliphatic rings. The molecule has 0 aromatic carbocycles. The Bertz CT molecular complexity index is 832. The molecular weight excluding hydrogens is 358 g/mol. The number of nitrogens with one attached hydrogen (secondary N) is 1. The van der Waals surface area contributed by atoms with Crippen molar-refractivity contribution in [3.8, 4) is 11.4 Å². The van der Waals surface area contributed by atoms with Crippen LogP contribution in [0.2, 0.25) is 0 Å². The van der Waals surface area contributed by atoms with Gasteiger partial charge in [0.15, 0.2) is 5.82 Å². The van der Waals surface area contributed by atoms with Crippen LogP contribution >= 0.6 is 0 Å². The lowest BCUT2D eigenvalue weighted by Gasteiger charge is -2.34. The Morgan fingerprint density at radius 2 is 2.29 bits per heavy atom. The van der Waals surface area contributed by atoms with Crippen LogP contribution in [0, 0.1) is 6.92 Å². The first-order valence-electron chi connectivity index (χ1n) is 9.65. The molecule has 0 radical (unpaired) electrons. The predicted molar refractivity (Wildman–Crippen MR) is 103 cm³/mol. The van der Waals surface area contributed by atoms with Crippen molar-refractivity contribution in [1.29, 1.82) is 0 Å². The number of carbonyl (C=O) groups excluding carboxylic acids is 1. The second-order valence-electron chi connectivity index (χ2n) is 7.42. The minimum atomic E-state index is -0.145. The van der Waals surface area contributed by atoms with Crippen LogP contribution in [0.3, 0.4) is 0 Å². The number of aliphatic hydroxyl groups excluding tert-OH is 1. The lowest BCUT2D eigenvalue weighted by molar-refractivity contribution is -0.0566. The zero-order valence-electron chi connectivity index (χ0n) is 15.9. The summed E-state index contributed by atoms with van der Waals surface area (Å²) in [6, 6.07) is 4.12. The van der Waals surface area contributed by atoms with Crippen LogP contribution in [0.1, 0.15) is 28.9 Å². The number of aromatic nitrogens is 3. The Labute approximate surface area is 164 Å². The van der Waals surface area contributed by atoms with Crippen molar-refractivity contribution < 1.29 is 14.6 Å². The van der Waals surface area contributed by atoms with Crippen molar-refractivity contribution in [1.82, 2.24) is 25.2 Å². The maximum atomic E-state index is 12.8. The highest BCUT2D eigenvalue weighted by atomic mass is 16.5. The third kappa shape index (κ3) is 4.04. The molecule has 28 heavy (non-hydrogen) atoms. The number of rotatable bonds is 5. The summed E-state index contributed by atoms with van der Waals surface area (Å²) in [7, 11) is 0. The molecule has 2 saturated heterocycles. The van der Waals surface area contributed by atoms with Gasteiger partial charge in [-0.05, 0) is 31.9 Å². The minimum absolute atomic E-state index is 0.0753. The highest BCUT2D eigenvalue weighted by molar-refractivity contribution is 5.95. The zero-order valence-corrected chi connectivity index (χ0v) is 15.9. The molecule has 0 aliphatic carbocycles. The maximum Gasteiger partial charge on any atom is 0.254 e. The van der Waals surface area contributed by atoms with Crippen LogP contribution in [0.15, 0.2) is 30.7 Å². The van der Waals surface area contributed by atoms with Gasteiger partial charge in [-0.1, -0.05) is 0 Å². The fourth-order valence-electron chi connectivity index (χ4n) is 3.95. The fourth-order valence-corrected chi connectivity index (χ4v) is 3.95. The first kappa shape index (κ1) is 18.9. The molecule has 8 heteroatoms. The van der Waals surface area contributed by atoms with Crippen molar-refractivity contribution in [2.45, 2.75) is 38.0 Å². The van der Waals surface area contributed by atoms with Gasteiger partial charge in [-0.2, -0.15) is 0 Å². The normalized spacial score (nSPS) is 24.7. The molecular formula is C20H25N5O3. The highest BCUT2D eigenvalue weighted by Gasteiger charge is 2.37. The Balaban J connectivity index is 1.39. The van der Waals surface area contributed by atoms with Crippen LogP contribution in [0.5, 0.6) is 0 Å². The number of hydrogen-bond acceptors (Lipinski definition) is 7. The van der Waals surface area contributed by atoms with Crippen LogP contribution in [0.25, 0.3) is 11.4 Å². The van der Waals surface area contributed by atoms with Crippen LogP contribution < -0.4 is 5.32 Å². The predicted octanol–water partition coefficient (Wildman–Crippen LogP) is 0.801. The molecule has 3 atom stereocenters. The van der Waals surface area contributed by atoms with Gasteiger partial charge >= 0.3 is 0 Å². The third-order valence-electron chi connectivity index (χ3n) is 5.42. The van der Waals surface area contributed by atoms with E-state index in [0.717, 1.165) is 25.1 Å². The number of aryl methyl sites for hydroxylation is 1. The number of pyridine rings is 1. The standard InChI is InChI=1S/C20H25N5O3/c1-13-18(9-22-19(23-13)14-3-2-5-21-8-14)20(27)24-15-7-16-12-28-17(4-6-26)11-25(16)10-15/h2-3,5,8-9,15-17,26H,4,6-7,10-12H2,1H3,(H,24,27)/t15-,16-,17-/m0/s1. The third-order valence-corrected chi connectivity index (χ3v) is 5.42. The smallest absolute Gasteiger partial charge is 0.254 e. The summed E-state index contributed by atoms with van der Waals surface area (Å²) >= 11 is 0. The summed E-state index contributed by atoms with van der Waals surface area (Å²) in [5.74, 6) is 0.417. The molecule has 2 N–H and O–H groups in total. The van der Waals surface area contributed by atoms with Gasteiger partial charge in [-0.15, -0.1) is 0 Å². The monoisotopic (exact) mass is 383 g/mol. The van der Waals surface area contributed by atoms with E-state index in [-0.39, 0.29) is 24.7 Å². The number of carbonyl (C=O) groups is 1. The molecule has 2 aromatic heterocycles. The van der Waals surface area contributed by atoms with Crippen LogP contribution in [-0.4, -0.2) is 75.4 Å². The van der Waals surface area contributed by atoms with Crippen molar-refractivity contribution in [2.24, 2.45) is 0 Å². The van der Waals surface area contributed by atoms with E-state index in [9.17, 15) is 4.79 Å². The summed E-state index contributed by atoms with van der Waals surface area (Å²) in [5, 5.41) is 12.2. The Kier molecular flexibility index (Phi) is 5.61. The molecule has 0 bridgehead atoms. The topological polar surface area (TPSA) is 100 Å². The number of nitrogens with zero attached hydrogens (tertiary/aromatic N) is 4. The van der Waals surface area contributed by atoms with E-state index in [1.54, 1.807) is 18.6 Å². The lowest BCUT2D eigenvalue weighted by Crippen LogP contribution is -2.46. The van der Waals surface area contributed by atoms with Crippen molar-refractivity contribution in [2.75, 3.05) is 26.3 Å². The maximum absolute atomic E-state index is 12.8. The van der Waals surface area contributed by atoms with E-state index >= 15 is 0 Å². The zero-order chi connectivity index (χ0) is 19.5. The second kappa shape index (κ2) is 8.30. The van der Waals surface area contributed by atoms with Gasteiger partial charge in [0.05, 0.1) is 24.0 Å². The Hall–Kier alpha value is -2.42. The molecule has 148 valence electrons. The van der Waals surface area contributed by atoms with Gasteiger partial charge in [-0.25, -0.2) is 9.97 Å². The molecule has 2 fully saturated rings. The minimum Gasteiger partial charge on any atom is -0.396 e. The van der Waals surface area contributed by atoms with E-state index in [0.29, 0.717) is 36.2 Å². The van der Waals surface area contributed by atoms with Gasteiger partial charge in [0, 0.05) is 55.9 Å². The molecule has 8 nitrogen and oxygen atoms in total. The van der Waals surface area contributed by atoms with Crippen molar-refractivity contribution in [3.63, 3.8) is 0 Å². The summed E-state index contributed by atoms with van der Waals surface area (Å²) in [6.45, 7) is 4.22. The SMILES string of the molecule is Cc1nc(-c2cccnc2)ncc1C(=O)N[C@H]1C[C@H]2CO[C@@H](CCO)CN2C1. The number of fused-ring (bicyclic) bond motifs is 1. The van der Waals surface area contributed by atoms with E-state index in [4.69, 9.17) is 9.84 Å². The molecule has 4 heterocycles. The lowest BCUT2D eigenvalue weighted by atomic mass is 10.1. The summed E-state index contributed by atoms with van der Waals surface area (Å²) < 4.78 is 5.81. The van der Waals surface area contributed by atoms with Crippen LogP contribution in [0.4, 0.5) is 0 Å². The van der Waals surface area contributed by atoms with E-state index < -0.39 is 0 Å². The van der Waals surface area contributed by atoms with Gasteiger partial charge < -0.3 is 15.2 Å². The quantitative estimate of drug-likeness (QED) is 0.788. The Morgan fingerprint density at radius 1 is 1.39 bits per heavy atom. The molecule has 2 aromatic rings. The molecule has 2 aliphatic heterocycles. The van der Waals surface area contributed by atoms with Gasteiger partial charge in [0.25, 0.3) is 5.91 Å². The van der Waals surface area contributed by atoms with E-state index in [2.05, 4.69) is 25.2 Å². The number of morpholine rings is 1.